The summed E-state index contributed by atoms with van der Waals surface area (Å²) in [6, 6.07) is 11.8. The van der Waals surface area contributed by atoms with E-state index in [1.54, 1.807) is 13.2 Å². The number of ether oxygens (including phenoxy) is 2. The highest BCUT2D eigenvalue weighted by Crippen LogP contribution is 2.32. The fourth-order valence-electron chi connectivity index (χ4n) is 3.18. The Morgan fingerprint density at radius 3 is 2.61 bits per heavy atom. The van der Waals surface area contributed by atoms with E-state index in [9.17, 15) is 23.4 Å². The molecule has 0 saturated heterocycles. The van der Waals surface area contributed by atoms with E-state index in [0.717, 1.165) is 34.8 Å². The molecule has 0 unspecified atom stereocenters. The van der Waals surface area contributed by atoms with Gasteiger partial charge in [-0.15, -0.1) is 0 Å². The monoisotopic (exact) mass is 477 g/mol. The van der Waals surface area contributed by atoms with Crippen molar-refractivity contribution in [3.63, 3.8) is 0 Å². The number of aryl methyl sites for hydroxylation is 1. The van der Waals surface area contributed by atoms with Crippen molar-refractivity contribution in [2.24, 2.45) is 0 Å². The molecule has 10 nitrogen and oxygen atoms in total. The van der Waals surface area contributed by atoms with Crippen molar-refractivity contribution in [1.82, 2.24) is 10.0 Å². The zero-order chi connectivity index (χ0) is 23.8. The molecule has 1 aliphatic heterocycles. The topological polar surface area (TPSA) is 137 Å². The van der Waals surface area contributed by atoms with Gasteiger partial charge >= 0.3 is 10.2 Å². The van der Waals surface area contributed by atoms with E-state index in [1.807, 2.05) is 29.0 Å². The first-order valence-electron chi connectivity index (χ1n) is 10.4. The molecule has 2 aromatic rings. The molecular weight excluding hydrogens is 450 g/mol. The number of aromatic hydroxyl groups is 1. The third-order valence-corrected chi connectivity index (χ3v) is 6.14. The van der Waals surface area contributed by atoms with Crippen molar-refractivity contribution in [2.45, 2.75) is 25.7 Å². The van der Waals surface area contributed by atoms with Crippen LogP contribution in [0.5, 0.6) is 17.2 Å². The minimum atomic E-state index is -3.98. The highest BCUT2D eigenvalue weighted by atomic mass is 32.2. The van der Waals surface area contributed by atoms with Crippen LogP contribution < -0.4 is 23.8 Å². The van der Waals surface area contributed by atoms with Gasteiger partial charge < -0.3 is 25.0 Å². The maximum Gasteiger partial charge on any atom is 0.330 e. The summed E-state index contributed by atoms with van der Waals surface area (Å²) in [5.74, 6) is 0.532. The number of unbranched alkanes of at least 4 members (excludes halogenated alkanes) is 1. The van der Waals surface area contributed by atoms with Gasteiger partial charge in [0.2, 0.25) is 11.8 Å². The van der Waals surface area contributed by atoms with Gasteiger partial charge in [0.05, 0.1) is 19.9 Å². The first-order chi connectivity index (χ1) is 15.8. The van der Waals surface area contributed by atoms with Gasteiger partial charge in [-0.1, -0.05) is 12.1 Å². The maximum absolute atomic E-state index is 12.1. The second kappa shape index (κ2) is 10.8. The number of nitrogens with zero attached hydrogens (tertiary/aromatic N) is 1. The van der Waals surface area contributed by atoms with Crippen LogP contribution in [0.3, 0.4) is 0 Å². The van der Waals surface area contributed by atoms with E-state index in [2.05, 4.69) is 5.32 Å². The third-order valence-electron chi connectivity index (χ3n) is 4.85. The number of carbonyl (C=O) groups excluding carboxylic acids is 1. The molecule has 0 saturated carbocycles. The Labute approximate surface area is 192 Å². The van der Waals surface area contributed by atoms with Gasteiger partial charge in [-0.25, -0.2) is 9.03 Å². The molecule has 178 valence electrons. The lowest BCUT2D eigenvalue weighted by molar-refractivity contribution is -0.121. The quantitative estimate of drug-likeness (QED) is 0.365. The third kappa shape index (κ3) is 6.69. The van der Waals surface area contributed by atoms with Crippen LogP contribution in [0.4, 0.5) is 5.69 Å². The lowest BCUT2D eigenvalue weighted by atomic mass is 10.1. The molecule has 1 heterocycles. The van der Waals surface area contributed by atoms with Crippen molar-refractivity contribution in [1.29, 1.82) is 0 Å². The summed E-state index contributed by atoms with van der Waals surface area (Å²) in [7, 11) is -2.38. The lowest BCUT2D eigenvalue weighted by Crippen LogP contribution is -2.29. The second-order valence-corrected chi connectivity index (χ2v) is 8.87. The van der Waals surface area contributed by atoms with Crippen LogP contribution >= 0.6 is 0 Å². The number of nitrogens with one attached hydrogen (secondary N) is 2. The Morgan fingerprint density at radius 2 is 1.91 bits per heavy atom. The number of phenolic OH excluding ortho intramolecular Hbond substituents is 1. The van der Waals surface area contributed by atoms with Crippen molar-refractivity contribution >= 4 is 21.8 Å². The molecule has 0 radical (unpaired) electrons. The molecule has 0 aromatic heterocycles. The first kappa shape index (κ1) is 24.1. The first-order valence-corrected chi connectivity index (χ1v) is 11.8. The molecule has 0 fully saturated rings. The van der Waals surface area contributed by atoms with E-state index < -0.39 is 16.1 Å². The maximum atomic E-state index is 12.1. The Hall–Kier alpha value is -3.60. The van der Waals surface area contributed by atoms with E-state index in [1.165, 1.54) is 12.1 Å². The van der Waals surface area contributed by atoms with Gasteiger partial charge in [0.1, 0.15) is 22.9 Å². The molecule has 0 aliphatic carbocycles. The number of phenols is 1. The Balaban J connectivity index is 1.36. The highest BCUT2D eigenvalue weighted by Gasteiger charge is 2.30. The predicted octanol–water partition coefficient (Wildman–Crippen LogP) is 2.32. The summed E-state index contributed by atoms with van der Waals surface area (Å²) in [4.78, 5) is 12.1. The average Bonchev–Trinajstić information content (AvgIpc) is 3.06. The van der Waals surface area contributed by atoms with Gasteiger partial charge in [-0.3, -0.25) is 4.79 Å². The number of benzene rings is 2. The van der Waals surface area contributed by atoms with Gasteiger partial charge in [0.25, 0.3) is 0 Å². The molecule has 11 heteroatoms. The zero-order valence-corrected chi connectivity index (χ0v) is 19.0. The van der Waals surface area contributed by atoms with Crippen LogP contribution in [0.25, 0.3) is 0 Å². The van der Waals surface area contributed by atoms with Crippen LogP contribution in [-0.4, -0.2) is 44.8 Å². The second-order valence-electron chi connectivity index (χ2n) is 7.32. The standard InChI is InChI=1S/C22H27N3O7S/c1-31-17-5-4-6-18(14-17)32-12-3-2-11-23-21(27)10-8-16-7-9-19(20(26)13-16)25-15-22(28)24-33(25,29)30/h4-7,9,13-15,24,26,28H,2-3,8,10-12H2,1H3,(H,23,27). The molecule has 33 heavy (non-hydrogen) atoms. The number of rotatable bonds is 11. The van der Waals surface area contributed by atoms with Crippen LogP contribution in [0.15, 0.2) is 54.5 Å². The predicted molar refractivity (Wildman–Crippen MR) is 122 cm³/mol. The largest absolute Gasteiger partial charge is 0.506 e. The molecule has 1 aliphatic rings. The Morgan fingerprint density at radius 1 is 1.12 bits per heavy atom. The SMILES string of the molecule is COc1cccc(OCCCCNC(=O)CCc2ccc(N3C=C(O)NS3(=O)=O)c(O)c2)c1. The van der Waals surface area contributed by atoms with Crippen LogP contribution in [0.1, 0.15) is 24.8 Å². The van der Waals surface area contributed by atoms with Crippen molar-refractivity contribution < 1.29 is 32.9 Å². The summed E-state index contributed by atoms with van der Waals surface area (Å²) >= 11 is 0. The van der Waals surface area contributed by atoms with Crippen LogP contribution in [0.2, 0.25) is 0 Å². The number of aliphatic hydroxyl groups excluding tert-OH is 1. The van der Waals surface area contributed by atoms with Gasteiger partial charge in [0, 0.05) is 19.0 Å². The van der Waals surface area contributed by atoms with Gasteiger partial charge in [-0.2, -0.15) is 8.42 Å². The van der Waals surface area contributed by atoms with Gasteiger partial charge in [0.15, 0.2) is 0 Å². The van der Waals surface area contributed by atoms with E-state index in [4.69, 9.17) is 9.47 Å². The summed E-state index contributed by atoms with van der Waals surface area (Å²) in [5, 5.41) is 22.4. The number of aliphatic hydroxyl groups is 1. The molecule has 0 spiro atoms. The summed E-state index contributed by atoms with van der Waals surface area (Å²) < 4.78 is 37.3. The summed E-state index contributed by atoms with van der Waals surface area (Å²) in [5.41, 5.74) is 0.673. The molecule has 0 bridgehead atoms. The molecular formula is C22H27N3O7S. The normalized spacial score (nSPS) is 14.3. The molecule has 1 amide bonds. The number of carbonyl (C=O) groups is 1. The highest BCUT2D eigenvalue weighted by molar-refractivity contribution is 7.91. The number of methoxy groups -OCH3 is 1. The average molecular weight is 478 g/mol. The number of hydrogen-bond donors (Lipinski definition) is 4. The lowest BCUT2D eigenvalue weighted by Gasteiger charge is -2.16. The number of hydrogen-bond acceptors (Lipinski definition) is 7. The van der Waals surface area contributed by atoms with Crippen molar-refractivity contribution in [3.8, 4) is 17.2 Å². The summed E-state index contributed by atoms with van der Waals surface area (Å²) in [6.45, 7) is 1.06. The number of amides is 1. The summed E-state index contributed by atoms with van der Waals surface area (Å²) in [6.07, 6.45) is 3.11. The molecule has 3 rings (SSSR count). The van der Waals surface area contributed by atoms with Crippen molar-refractivity contribution in [3.05, 3.63) is 60.1 Å². The zero-order valence-electron chi connectivity index (χ0n) is 18.2. The molecule has 0 atom stereocenters. The van der Waals surface area contributed by atoms with E-state index >= 15 is 0 Å². The van der Waals surface area contributed by atoms with Crippen LogP contribution in [-0.2, 0) is 21.4 Å². The Kier molecular flexibility index (Phi) is 7.88. The fourth-order valence-corrected chi connectivity index (χ4v) is 4.25. The smallest absolute Gasteiger partial charge is 0.330 e. The van der Waals surface area contributed by atoms with E-state index in [0.29, 0.717) is 25.1 Å². The Bertz CT molecular complexity index is 1120. The minimum Gasteiger partial charge on any atom is -0.506 e. The van der Waals surface area contributed by atoms with Gasteiger partial charge in [-0.05, 0) is 49.1 Å². The minimum absolute atomic E-state index is 0.00378. The molecule has 4 N–H and O–H groups in total. The van der Waals surface area contributed by atoms with E-state index in [-0.39, 0.29) is 23.8 Å². The molecule has 2 aromatic carbocycles. The van der Waals surface area contributed by atoms with Crippen molar-refractivity contribution in [2.75, 3.05) is 24.6 Å². The van der Waals surface area contributed by atoms with Crippen LogP contribution in [0, 0.1) is 0 Å². The fraction of sp³-hybridized carbons (Fsp3) is 0.318. The number of anilines is 1.